The molecule has 1 aliphatic heterocycles. The largest absolute Gasteiger partial charge is 0.507 e. The fourth-order valence-electron chi connectivity index (χ4n) is 4.04. The number of nitro groups is 1. The minimum absolute atomic E-state index is 0.103. The first-order valence-corrected chi connectivity index (χ1v) is 11.3. The molecule has 37 heavy (non-hydrogen) atoms. The van der Waals surface area contributed by atoms with Crippen LogP contribution in [0.2, 0.25) is 0 Å². The molecule has 3 aromatic carbocycles. The van der Waals surface area contributed by atoms with Gasteiger partial charge in [-0.15, -0.1) is 0 Å². The molecule has 190 valence electrons. The standard InChI is InChI=1S/C27H23FN2O7/c1-36-15-14-29-24(18-6-12-22(13-7-18)37-16-17-2-8-20(28)9-3-17)23(26(32)27(29)33)25(31)19-4-10-21(11-5-19)30(34)35/h2-13,24,31H,14-16H2,1H3/b25-23-. The number of amides is 1. The molecule has 1 unspecified atom stereocenters. The molecule has 1 heterocycles. The second kappa shape index (κ2) is 11.0. The van der Waals surface area contributed by atoms with Gasteiger partial charge < -0.3 is 19.5 Å². The molecule has 0 aliphatic carbocycles. The van der Waals surface area contributed by atoms with Gasteiger partial charge in [0.25, 0.3) is 17.4 Å². The molecular weight excluding hydrogens is 483 g/mol. The fourth-order valence-corrected chi connectivity index (χ4v) is 4.04. The zero-order chi connectivity index (χ0) is 26.5. The third-order valence-corrected chi connectivity index (χ3v) is 5.94. The van der Waals surface area contributed by atoms with E-state index in [-0.39, 0.29) is 42.4 Å². The van der Waals surface area contributed by atoms with Crippen molar-refractivity contribution in [3.63, 3.8) is 0 Å². The smallest absolute Gasteiger partial charge is 0.295 e. The Balaban J connectivity index is 1.66. The quantitative estimate of drug-likeness (QED) is 0.150. The summed E-state index contributed by atoms with van der Waals surface area (Å²) in [6.45, 7) is 0.484. The molecule has 10 heteroatoms. The number of aliphatic hydroxyl groups excluding tert-OH is 1. The summed E-state index contributed by atoms with van der Waals surface area (Å²) >= 11 is 0. The van der Waals surface area contributed by atoms with Gasteiger partial charge in [0, 0.05) is 31.4 Å². The molecule has 1 aliphatic rings. The Morgan fingerprint density at radius 3 is 2.27 bits per heavy atom. The number of hydrogen-bond donors (Lipinski definition) is 1. The Bertz CT molecular complexity index is 1340. The minimum Gasteiger partial charge on any atom is -0.507 e. The summed E-state index contributed by atoms with van der Waals surface area (Å²) < 4.78 is 24.0. The summed E-state index contributed by atoms with van der Waals surface area (Å²) in [4.78, 5) is 37.6. The van der Waals surface area contributed by atoms with Gasteiger partial charge >= 0.3 is 0 Å². The summed E-state index contributed by atoms with van der Waals surface area (Å²) in [5, 5.41) is 22.0. The van der Waals surface area contributed by atoms with Gasteiger partial charge in [0.05, 0.1) is 23.1 Å². The lowest BCUT2D eigenvalue weighted by molar-refractivity contribution is -0.384. The first kappa shape index (κ1) is 25.5. The van der Waals surface area contributed by atoms with Gasteiger partial charge in [0.1, 0.15) is 23.9 Å². The van der Waals surface area contributed by atoms with Gasteiger partial charge in [0.2, 0.25) is 0 Å². The molecule has 4 rings (SSSR count). The third kappa shape index (κ3) is 5.49. The SMILES string of the molecule is COCCN1C(=O)C(=O)/C(=C(\O)c2ccc([N+](=O)[O-])cc2)C1c1ccc(OCc2ccc(F)cc2)cc1. The third-order valence-electron chi connectivity index (χ3n) is 5.94. The van der Waals surface area contributed by atoms with Crippen LogP contribution in [0.15, 0.2) is 78.4 Å². The van der Waals surface area contributed by atoms with Crippen LogP contribution in [-0.4, -0.2) is 46.9 Å². The van der Waals surface area contributed by atoms with Gasteiger partial charge in [-0.25, -0.2) is 4.39 Å². The number of hydrogen-bond acceptors (Lipinski definition) is 7. The van der Waals surface area contributed by atoms with E-state index in [9.17, 15) is 29.2 Å². The highest BCUT2D eigenvalue weighted by Gasteiger charge is 2.45. The van der Waals surface area contributed by atoms with Crippen LogP contribution in [0.25, 0.3) is 5.76 Å². The highest BCUT2D eigenvalue weighted by atomic mass is 19.1. The van der Waals surface area contributed by atoms with Gasteiger partial charge in [-0.1, -0.05) is 24.3 Å². The number of non-ortho nitro benzene ring substituents is 1. The van der Waals surface area contributed by atoms with E-state index in [1.54, 1.807) is 36.4 Å². The number of aliphatic hydroxyl groups is 1. The summed E-state index contributed by atoms with van der Waals surface area (Å²) in [5.41, 5.74) is 1.19. The number of likely N-dealkylation sites (tertiary alicyclic amines) is 1. The number of nitrogens with zero attached hydrogens (tertiary/aromatic N) is 2. The van der Waals surface area contributed by atoms with Crippen LogP contribution in [0, 0.1) is 15.9 Å². The van der Waals surface area contributed by atoms with Gasteiger partial charge in [-0.2, -0.15) is 0 Å². The van der Waals surface area contributed by atoms with Crippen LogP contribution in [0.4, 0.5) is 10.1 Å². The van der Waals surface area contributed by atoms with Crippen LogP contribution in [-0.2, 0) is 20.9 Å². The number of nitro benzene ring substituents is 1. The van der Waals surface area contributed by atoms with Crippen LogP contribution in [0.3, 0.4) is 0 Å². The van der Waals surface area contributed by atoms with Gasteiger partial charge in [-0.3, -0.25) is 19.7 Å². The lowest BCUT2D eigenvalue weighted by atomic mass is 9.95. The number of halogens is 1. The second-order valence-electron chi connectivity index (χ2n) is 8.27. The van der Waals surface area contributed by atoms with Crippen molar-refractivity contribution in [1.82, 2.24) is 4.90 Å². The Morgan fingerprint density at radius 2 is 1.68 bits per heavy atom. The van der Waals surface area contributed by atoms with Crippen molar-refractivity contribution >= 4 is 23.1 Å². The van der Waals surface area contributed by atoms with E-state index in [1.165, 1.54) is 48.4 Å². The molecule has 0 spiro atoms. The molecule has 0 aromatic heterocycles. The van der Waals surface area contributed by atoms with E-state index >= 15 is 0 Å². The molecule has 1 fully saturated rings. The van der Waals surface area contributed by atoms with Gasteiger partial charge in [-0.05, 0) is 47.5 Å². The molecule has 0 radical (unpaired) electrons. The summed E-state index contributed by atoms with van der Waals surface area (Å²) in [6.07, 6.45) is 0. The maximum Gasteiger partial charge on any atom is 0.295 e. The fraction of sp³-hybridized carbons (Fsp3) is 0.185. The Kier molecular flexibility index (Phi) is 7.59. The van der Waals surface area contributed by atoms with Crippen molar-refractivity contribution < 1.29 is 33.5 Å². The number of benzene rings is 3. The highest BCUT2D eigenvalue weighted by Crippen LogP contribution is 2.39. The molecular formula is C27H23FN2O7. The van der Waals surface area contributed by atoms with Crippen molar-refractivity contribution in [3.8, 4) is 5.75 Å². The lowest BCUT2D eigenvalue weighted by Crippen LogP contribution is -2.32. The number of methoxy groups -OCH3 is 1. The zero-order valence-corrected chi connectivity index (χ0v) is 19.8. The molecule has 0 bridgehead atoms. The number of carbonyl (C=O) groups is 2. The van der Waals surface area contributed by atoms with E-state index in [1.807, 2.05) is 0 Å². The van der Waals surface area contributed by atoms with Crippen LogP contribution in [0.5, 0.6) is 5.75 Å². The van der Waals surface area contributed by atoms with Crippen molar-refractivity contribution in [3.05, 3.63) is 111 Å². The number of ketones is 1. The Morgan fingerprint density at radius 1 is 1.03 bits per heavy atom. The normalized spacial score (nSPS) is 16.7. The Labute approximate surface area is 211 Å². The first-order chi connectivity index (χ1) is 17.8. The van der Waals surface area contributed by atoms with E-state index in [0.717, 1.165) is 5.56 Å². The van der Waals surface area contributed by atoms with E-state index in [2.05, 4.69) is 0 Å². The monoisotopic (exact) mass is 506 g/mol. The topological polar surface area (TPSA) is 119 Å². The summed E-state index contributed by atoms with van der Waals surface area (Å²) in [7, 11) is 1.47. The summed E-state index contributed by atoms with van der Waals surface area (Å²) in [6, 6.07) is 16.8. The van der Waals surface area contributed by atoms with Crippen molar-refractivity contribution in [2.75, 3.05) is 20.3 Å². The molecule has 9 nitrogen and oxygen atoms in total. The Hall–Kier alpha value is -4.57. The number of Topliss-reactive ketones (excluding diaryl/α,β-unsaturated/α-hetero) is 1. The van der Waals surface area contributed by atoms with Crippen LogP contribution in [0.1, 0.15) is 22.7 Å². The molecule has 1 atom stereocenters. The minimum atomic E-state index is -0.906. The summed E-state index contributed by atoms with van der Waals surface area (Å²) in [5.74, 6) is -1.92. The number of rotatable bonds is 9. The number of ether oxygens (including phenoxy) is 2. The second-order valence-corrected chi connectivity index (χ2v) is 8.27. The zero-order valence-electron chi connectivity index (χ0n) is 19.8. The van der Waals surface area contributed by atoms with Crippen molar-refractivity contribution in [2.45, 2.75) is 12.6 Å². The molecule has 0 saturated carbocycles. The van der Waals surface area contributed by atoms with Crippen molar-refractivity contribution in [1.29, 1.82) is 0 Å². The average Bonchev–Trinajstić information content (AvgIpc) is 3.16. The van der Waals surface area contributed by atoms with Gasteiger partial charge in [0.15, 0.2) is 0 Å². The van der Waals surface area contributed by atoms with Crippen molar-refractivity contribution in [2.24, 2.45) is 0 Å². The molecule has 1 N–H and O–H groups in total. The van der Waals surface area contributed by atoms with Crippen LogP contribution >= 0.6 is 0 Å². The highest BCUT2D eigenvalue weighted by molar-refractivity contribution is 6.46. The van der Waals surface area contributed by atoms with E-state index in [4.69, 9.17) is 9.47 Å². The first-order valence-electron chi connectivity index (χ1n) is 11.3. The predicted octanol–water partition coefficient (Wildman–Crippen LogP) is 4.38. The average molecular weight is 506 g/mol. The van der Waals surface area contributed by atoms with Crippen LogP contribution < -0.4 is 4.74 Å². The maximum absolute atomic E-state index is 13.1. The number of carbonyl (C=O) groups excluding carboxylic acids is 2. The van der Waals surface area contributed by atoms with E-state index in [0.29, 0.717) is 11.3 Å². The molecule has 1 saturated heterocycles. The van der Waals surface area contributed by atoms with E-state index < -0.39 is 28.4 Å². The maximum atomic E-state index is 13.1. The molecule has 1 amide bonds. The predicted molar refractivity (Wildman–Crippen MR) is 131 cm³/mol. The molecule has 3 aromatic rings. The lowest BCUT2D eigenvalue weighted by Gasteiger charge is -2.25.